The van der Waals surface area contributed by atoms with E-state index >= 15 is 0 Å². The van der Waals surface area contributed by atoms with E-state index in [1.807, 2.05) is 19.9 Å². The summed E-state index contributed by atoms with van der Waals surface area (Å²) >= 11 is 0. The van der Waals surface area contributed by atoms with Crippen molar-refractivity contribution in [2.75, 3.05) is 11.3 Å². The van der Waals surface area contributed by atoms with E-state index in [1.165, 1.54) is 6.20 Å². The fourth-order valence-electron chi connectivity index (χ4n) is 2.76. The molecule has 2 aromatic carbocycles. The summed E-state index contributed by atoms with van der Waals surface area (Å²) in [6, 6.07) is 15.0. The van der Waals surface area contributed by atoms with Gasteiger partial charge in [0.25, 0.3) is 15.9 Å². The molecule has 0 unspecified atom stereocenters. The number of nitrogens with one attached hydrogen (secondary N) is 2. The predicted molar refractivity (Wildman–Crippen MR) is 115 cm³/mol. The van der Waals surface area contributed by atoms with Crippen molar-refractivity contribution in [3.8, 4) is 11.6 Å². The molecule has 0 saturated heterocycles. The molecule has 1 amide bonds. The van der Waals surface area contributed by atoms with Crippen molar-refractivity contribution in [2.24, 2.45) is 0 Å². The van der Waals surface area contributed by atoms with E-state index in [0.717, 1.165) is 5.56 Å². The minimum Gasteiger partial charge on any atom is -0.439 e. The molecule has 0 fully saturated rings. The third kappa shape index (κ3) is 5.15. The summed E-state index contributed by atoms with van der Waals surface area (Å²) in [6.07, 6.45) is 1.44. The van der Waals surface area contributed by atoms with Crippen LogP contribution in [0.3, 0.4) is 0 Å². The van der Waals surface area contributed by atoms with Gasteiger partial charge in [0.1, 0.15) is 5.75 Å². The van der Waals surface area contributed by atoms with E-state index in [2.05, 4.69) is 15.0 Å². The van der Waals surface area contributed by atoms with E-state index in [-0.39, 0.29) is 10.8 Å². The molecule has 1 aromatic heterocycles. The van der Waals surface area contributed by atoms with Crippen molar-refractivity contribution < 1.29 is 17.9 Å². The molecular weight excluding hydrogens is 402 g/mol. The molecule has 3 aromatic rings. The number of hydrogen-bond donors (Lipinski definition) is 2. The van der Waals surface area contributed by atoms with Gasteiger partial charge in [-0.3, -0.25) is 9.52 Å². The zero-order valence-corrected chi connectivity index (χ0v) is 17.8. The Hall–Kier alpha value is -3.39. The van der Waals surface area contributed by atoms with Crippen LogP contribution in [0.25, 0.3) is 0 Å². The average Bonchev–Trinajstić information content (AvgIpc) is 2.72. The van der Waals surface area contributed by atoms with Crippen LogP contribution in [-0.2, 0) is 10.0 Å². The fraction of sp³-hybridized carbons (Fsp3) is 0.182. The first kappa shape index (κ1) is 21.3. The van der Waals surface area contributed by atoms with Gasteiger partial charge in [-0.1, -0.05) is 12.1 Å². The number of aromatic nitrogens is 1. The maximum atomic E-state index is 12.7. The number of amides is 1. The van der Waals surface area contributed by atoms with E-state index in [9.17, 15) is 13.2 Å². The van der Waals surface area contributed by atoms with Gasteiger partial charge in [0.2, 0.25) is 5.88 Å². The minimum absolute atomic E-state index is 0.197. The molecule has 0 bridgehead atoms. The molecule has 8 heteroatoms. The van der Waals surface area contributed by atoms with Gasteiger partial charge < -0.3 is 10.1 Å². The smallest absolute Gasteiger partial charge is 0.262 e. The number of hydrogen-bond acceptors (Lipinski definition) is 5. The number of pyridine rings is 1. The molecular formula is C22H23N3O4S. The largest absolute Gasteiger partial charge is 0.439 e. The van der Waals surface area contributed by atoms with Gasteiger partial charge in [0, 0.05) is 24.5 Å². The van der Waals surface area contributed by atoms with Crippen LogP contribution in [0.5, 0.6) is 11.6 Å². The average molecular weight is 426 g/mol. The lowest BCUT2D eigenvalue weighted by Gasteiger charge is -2.12. The summed E-state index contributed by atoms with van der Waals surface area (Å²) in [7, 11) is -3.70. The quantitative estimate of drug-likeness (QED) is 0.595. The Balaban J connectivity index is 1.69. The van der Waals surface area contributed by atoms with Gasteiger partial charge in [-0.15, -0.1) is 0 Å². The SMILES string of the molecule is CCNC(=O)c1ccc(Oc2ccc(NS(=O)(=O)c3cc(C)ccc3C)cc2)nc1. The van der Waals surface area contributed by atoms with Crippen molar-refractivity contribution in [1.29, 1.82) is 0 Å². The first-order valence-corrected chi connectivity index (χ1v) is 10.9. The molecule has 0 aliphatic carbocycles. The van der Waals surface area contributed by atoms with Crippen LogP contribution in [0.4, 0.5) is 5.69 Å². The standard InChI is InChI=1S/C22H23N3O4S/c1-4-23-22(26)17-7-12-21(24-14-17)29-19-10-8-18(9-11-19)25-30(27,28)20-13-15(2)5-6-16(20)3/h5-14,25H,4H2,1-3H3,(H,23,26). The van der Waals surface area contributed by atoms with Crippen LogP contribution in [0.15, 0.2) is 65.7 Å². The van der Waals surface area contributed by atoms with Crippen LogP contribution in [0, 0.1) is 13.8 Å². The number of ether oxygens (including phenoxy) is 1. The highest BCUT2D eigenvalue weighted by molar-refractivity contribution is 7.92. The van der Waals surface area contributed by atoms with Gasteiger partial charge in [-0.05, 0) is 68.3 Å². The number of benzene rings is 2. The summed E-state index contributed by atoms with van der Waals surface area (Å²) in [5, 5.41) is 2.70. The van der Waals surface area contributed by atoms with E-state index in [1.54, 1.807) is 55.5 Å². The molecule has 30 heavy (non-hydrogen) atoms. The second kappa shape index (κ2) is 8.96. The summed E-state index contributed by atoms with van der Waals surface area (Å²) in [4.78, 5) is 16.1. The molecule has 0 aliphatic heterocycles. The molecule has 0 radical (unpaired) electrons. The van der Waals surface area contributed by atoms with Crippen LogP contribution in [0.1, 0.15) is 28.4 Å². The number of aryl methyl sites for hydroxylation is 2. The van der Waals surface area contributed by atoms with Crippen LogP contribution >= 0.6 is 0 Å². The third-order valence-electron chi connectivity index (χ3n) is 4.30. The minimum atomic E-state index is -3.70. The van der Waals surface area contributed by atoms with Crippen molar-refractivity contribution in [3.05, 3.63) is 77.5 Å². The third-order valence-corrected chi connectivity index (χ3v) is 5.82. The number of carbonyl (C=O) groups is 1. The van der Waals surface area contributed by atoms with Gasteiger partial charge >= 0.3 is 0 Å². The molecule has 0 aliphatic rings. The van der Waals surface area contributed by atoms with Crippen molar-refractivity contribution in [3.63, 3.8) is 0 Å². The normalized spacial score (nSPS) is 11.0. The first-order chi connectivity index (χ1) is 14.3. The molecule has 0 spiro atoms. The van der Waals surface area contributed by atoms with Crippen molar-refractivity contribution in [2.45, 2.75) is 25.7 Å². The summed E-state index contributed by atoms with van der Waals surface area (Å²) in [5.41, 5.74) is 2.41. The van der Waals surface area contributed by atoms with E-state index < -0.39 is 10.0 Å². The Morgan fingerprint density at radius 3 is 2.40 bits per heavy atom. The van der Waals surface area contributed by atoms with E-state index in [0.29, 0.717) is 35.0 Å². The van der Waals surface area contributed by atoms with Crippen molar-refractivity contribution >= 4 is 21.6 Å². The zero-order valence-electron chi connectivity index (χ0n) is 17.0. The summed E-state index contributed by atoms with van der Waals surface area (Å²) in [6.45, 7) is 5.99. The molecule has 0 saturated carbocycles. The monoisotopic (exact) mass is 425 g/mol. The number of nitrogens with zero attached hydrogens (tertiary/aromatic N) is 1. The predicted octanol–water partition coefficient (Wildman–Crippen LogP) is 4.04. The second-order valence-corrected chi connectivity index (χ2v) is 8.40. The lowest BCUT2D eigenvalue weighted by Crippen LogP contribution is -2.22. The summed E-state index contributed by atoms with van der Waals surface area (Å²) in [5.74, 6) is 0.617. The Morgan fingerprint density at radius 2 is 1.77 bits per heavy atom. The molecule has 3 rings (SSSR count). The fourth-order valence-corrected chi connectivity index (χ4v) is 4.15. The van der Waals surface area contributed by atoms with Crippen LogP contribution in [0.2, 0.25) is 0 Å². The van der Waals surface area contributed by atoms with Crippen molar-refractivity contribution in [1.82, 2.24) is 10.3 Å². The van der Waals surface area contributed by atoms with Gasteiger partial charge in [-0.25, -0.2) is 13.4 Å². The van der Waals surface area contributed by atoms with E-state index in [4.69, 9.17) is 4.74 Å². The maximum Gasteiger partial charge on any atom is 0.262 e. The highest BCUT2D eigenvalue weighted by atomic mass is 32.2. The lowest BCUT2D eigenvalue weighted by molar-refractivity contribution is 0.0955. The molecule has 7 nitrogen and oxygen atoms in total. The first-order valence-electron chi connectivity index (χ1n) is 9.41. The molecule has 1 heterocycles. The lowest BCUT2D eigenvalue weighted by atomic mass is 10.2. The highest BCUT2D eigenvalue weighted by Crippen LogP contribution is 2.24. The number of carbonyl (C=O) groups excluding carboxylic acids is 1. The van der Waals surface area contributed by atoms with Crippen LogP contribution < -0.4 is 14.8 Å². The Labute approximate surface area is 176 Å². The number of rotatable bonds is 7. The highest BCUT2D eigenvalue weighted by Gasteiger charge is 2.17. The van der Waals surface area contributed by atoms with Crippen LogP contribution in [-0.4, -0.2) is 25.9 Å². The molecule has 0 atom stereocenters. The second-order valence-electron chi connectivity index (χ2n) is 6.75. The topological polar surface area (TPSA) is 97.4 Å². The Bertz CT molecular complexity index is 1140. The van der Waals surface area contributed by atoms with Gasteiger partial charge in [0.05, 0.1) is 10.5 Å². The Kier molecular flexibility index (Phi) is 6.37. The zero-order chi connectivity index (χ0) is 21.7. The maximum absolute atomic E-state index is 12.7. The summed E-state index contributed by atoms with van der Waals surface area (Å²) < 4.78 is 33.6. The molecule has 156 valence electrons. The molecule has 2 N–H and O–H groups in total. The number of sulfonamides is 1. The Morgan fingerprint density at radius 1 is 1.03 bits per heavy atom. The number of anilines is 1. The van der Waals surface area contributed by atoms with Gasteiger partial charge in [0.15, 0.2) is 0 Å². The van der Waals surface area contributed by atoms with Gasteiger partial charge in [-0.2, -0.15) is 0 Å².